The van der Waals surface area contributed by atoms with E-state index in [1.54, 1.807) is 18.7 Å². The molecule has 0 fully saturated rings. The minimum absolute atomic E-state index is 0.0249. The summed E-state index contributed by atoms with van der Waals surface area (Å²) in [5.74, 6) is -0.664. The summed E-state index contributed by atoms with van der Waals surface area (Å²) < 4.78 is 41.2. The Morgan fingerprint density at radius 2 is 1.83 bits per heavy atom. The van der Waals surface area contributed by atoms with E-state index in [1.807, 2.05) is 30.5 Å². The third-order valence-electron chi connectivity index (χ3n) is 5.51. The number of benzene rings is 2. The number of amides is 1. The lowest BCUT2D eigenvalue weighted by Crippen LogP contribution is -2.34. The monoisotopic (exact) mass is 514 g/mol. The van der Waals surface area contributed by atoms with Gasteiger partial charge < -0.3 is 11.1 Å². The SMILES string of the molecule is CN=C(C=CN)c1cc(C(=O)NCc2ccc(SC)cc2)c(=O)n(-c2cccc(C(F)(F)F)c2)c1C. The van der Waals surface area contributed by atoms with Crippen LogP contribution in [-0.2, 0) is 12.7 Å². The fourth-order valence-electron chi connectivity index (χ4n) is 3.65. The van der Waals surface area contributed by atoms with Crippen LogP contribution in [0.4, 0.5) is 13.2 Å². The van der Waals surface area contributed by atoms with Crippen LogP contribution < -0.4 is 16.6 Å². The Bertz CT molecular complexity index is 1380. The predicted octanol–water partition coefficient (Wildman–Crippen LogP) is 4.71. The van der Waals surface area contributed by atoms with E-state index in [1.165, 1.54) is 37.5 Å². The first-order valence-electron chi connectivity index (χ1n) is 10.8. The number of carbonyl (C=O) groups excluding carboxylic acids is 1. The molecule has 0 aliphatic rings. The van der Waals surface area contributed by atoms with Gasteiger partial charge in [0.2, 0.25) is 0 Å². The Morgan fingerprint density at radius 3 is 2.42 bits per heavy atom. The second-order valence-corrected chi connectivity index (χ2v) is 8.62. The Balaban J connectivity index is 2.13. The first-order valence-corrected chi connectivity index (χ1v) is 12.0. The van der Waals surface area contributed by atoms with E-state index in [4.69, 9.17) is 5.73 Å². The fraction of sp³-hybridized carbons (Fsp3) is 0.192. The van der Waals surface area contributed by atoms with Crippen molar-refractivity contribution in [1.29, 1.82) is 0 Å². The van der Waals surface area contributed by atoms with Gasteiger partial charge >= 0.3 is 6.18 Å². The summed E-state index contributed by atoms with van der Waals surface area (Å²) >= 11 is 1.59. The molecule has 0 spiro atoms. The maximum atomic E-state index is 13.4. The highest BCUT2D eigenvalue weighted by atomic mass is 32.2. The zero-order valence-corrected chi connectivity index (χ0v) is 20.7. The van der Waals surface area contributed by atoms with Crippen LogP contribution in [0.2, 0.25) is 0 Å². The molecule has 0 saturated heterocycles. The highest BCUT2D eigenvalue weighted by Gasteiger charge is 2.31. The summed E-state index contributed by atoms with van der Waals surface area (Å²) in [5.41, 5.74) is 5.48. The molecule has 0 radical (unpaired) electrons. The Hall–Kier alpha value is -3.79. The van der Waals surface area contributed by atoms with Crippen molar-refractivity contribution < 1.29 is 18.0 Å². The molecule has 0 bridgehead atoms. The van der Waals surface area contributed by atoms with Gasteiger partial charge in [-0.1, -0.05) is 18.2 Å². The van der Waals surface area contributed by atoms with Gasteiger partial charge in [-0.3, -0.25) is 19.1 Å². The lowest BCUT2D eigenvalue weighted by atomic mass is 10.0. The van der Waals surface area contributed by atoms with Crippen LogP contribution in [0.15, 0.2) is 81.6 Å². The van der Waals surface area contributed by atoms with Gasteiger partial charge in [0.1, 0.15) is 5.56 Å². The van der Waals surface area contributed by atoms with E-state index in [0.717, 1.165) is 27.2 Å². The highest BCUT2D eigenvalue weighted by Crippen LogP contribution is 2.30. The van der Waals surface area contributed by atoms with Gasteiger partial charge in [0.15, 0.2) is 0 Å². The molecule has 0 aliphatic heterocycles. The smallest absolute Gasteiger partial charge is 0.405 e. The van der Waals surface area contributed by atoms with Gasteiger partial charge in [0.25, 0.3) is 11.5 Å². The first kappa shape index (κ1) is 26.8. The molecule has 188 valence electrons. The molecule has 0 atom stereocenters. The second-order valence-electron chi connectivity index (χ2n) is 7.74. The number of thioether (sulfide) groups is 1. The number of pyridine rings is 1. The fourth-order valence-corrected chi connectivity index (χ4v) is 4.06. The van der Waals surface area contributed by atoms with Crippen molar-refractivity contribution in [3.8, 4) is 5.69 Å². The maximum Gasteiger partial charge on any atom is 0.416 e. The number of halogens is 3. The van der Waals surface area contributed by atoms with E-state index in [9.17, 15) is 22.8 Å². The van der Waals surface area contributed by atoms with Crippen molar-refractivity contribution in [1.82, 2.24) is 9.88 Å². The molecule has 0 aliphatic carbocycles. The zero-order valence-electron chi connectivity index (χ0n) is 19.9. The number of alkyl halides is 3. The predicted molar refractivity (Wildman–Crippen MR) is 137 cm³/mol. The Morgan fingerprint density at radius 1 is 1.14 bits per heavy atom. The van der Waals surface area contributed by atoms with E-state index in [0.29, 0.717) is 17.0 Å². The van der Waals surface area contributed by atoms with E-state index in [2.05, 4.69) is 10.3 Å². The minimum Gasteiger partial charge on any atom is -0.405 e. The van der Waals surface area contributed by atoms with E-state index >= 15 is 0 Å². The number of hydrogen-bond acceptors (Lipinski definition) is 5. The minimum atomic E-state index is -4.60. The first-order chi connectivity index (χ1) is 17.1. The molecular weight excluding hydrogens is 489 g/mol. The van der Waals surface area contributed by atoms with Crippen molar-refractivity contribution in [3.05, 3.63) is 105 Å². The molecule has 1 heterocycles. The second kappa shape index (κ2) is 11.3. The molecule has 10 heteroatoms. The number of aromatic nitrogens is 1. The molecule has 6 nitrogen and oxygen atoms in total. The standard InChI is InChI=1S/C26H25F3N4O2S/c1-16-21(23(31-2)11-12-30)14-22(24(34)32-15-17-7-9-20(36-3)10-8-17)25(35)33(16)19-6-4-5-18(13-19)26(27,28)29/h4-14H,15,30H2,1-3H3,(H,32,34). The Kier molecular flexibility index (Phi) is 8.41. The van der Waals surface area contributed by atoms with Gasteiger partial charge in [0, 0.05) is 35.4 Å². The number of carbonyl (C=O) groups is 1. The van der Waals surface area contributed by atoms with Gasteiger partial charge in [-0.05, 0) is 67.4 Å². The van der Waals surface area contributed by atoms with Crippen LogP contribution in [0.1, 0.15) is 32.7 Å². The van der Waals surface area contributed by atoms with Crippen molar-refractivity contribution in [3.63, 3.8) is 0 Å². The van der Waals surface area contributed by atoms with Crippen molar-refractivity contribution in [2.45, 2.75) is 24.5 Å². The van der Waals surface area contributed by atoms with Gasteiger partial charge in [0.05, 0.1) is 11.3 Å². The summed E-state index contributed by atoms with van der Waals surface area (Å²) in [5, 5.41) is 2.72. The zero-order chi connectivity index (χ0) is 26.5. The van der Waals surface area contributed by atoms with E-state index < -0.39 is 23.2 Å². The molecule has 0 saturated carbocycles. The molecule has 3 N–H and O–H groups in total. The van der Waals surface area contributed by atoms with Crippen molar-refractivity contribution in [2.24, 2.45) is 10.7 Å². The number of nitrogens with zero attached hydrogens (tertiary/aromatic N) is 2. The average molecular weight is 515 g/mol. The number of allylic oxidation sites excluding steroid dienone is 1. The molecule has 1 amide bonds. The van der Waals surface area contributed by atoms with Crippen LogP contribution >= 0.6 is 11.8 Å². The number of rotatable bonds is 7. The van der Waals surface area contributed by atoms with E-state index in [-0.39, 0.29) is 17.8 Å². The summed E-state index contributed by atoms with van der Waals surface area (Å²) in [7, 11) is 1.51. The molecule has 36 heavy (non-hydrogen) atoms. The number of nitrogens with one attached hydrogen (secondary N) is 1. The third kappa shape index (κ3) is 5.88. The van der Waals surface area contributed by atoms with Gasteiger partial charge in [-0.25, -0.2) is 0 Å². The number of hydrogen-bond donors (Lipinski definition) is 2. The normalized spacial score (nSPS) is 12.2. The van der Waals surface area contributed by atoms with Crippen LogP contribution in [0.3, 0.4) is 0 Å². The van der Waals surface area contributed by atoms with Crippen molar-refractivity contribution in [2.75, 3.05) is 13.3 Å². The Labute approximate surface area is 210 Å². The highest BCUT2D eigenvalue weighted by molar-refractivity contribution is 7.98. The van der Waals surface area contributed by atoms with Crippen LogP contribution in [0.5, 0.6) is 0 Å². The molecule has 0 unspecified atom stereocenters. The topological polar surface area (TPSA) is 89.5 Å². The molecule has 3 aromatic rings. The van der Waals surface area contributed by atoms with Gasteiger partial charge in [-0.15, -0.1) is 11.8 Å². The maximum absolute atomic E-state index is 13.4. The molecule has 3 rings (SSSR count). The lowest BCUT2D eigenvalue weighted by Gasteiger charge is -2.18. The van der Waals surface area contributed by atoms with Crippen LogP contribution in [-0.4, -0.2) is 29.5 Å². The van der Waals surface area contributed by atoms with Crippen LogP contribution in [0, 0.1) is 6.92 Å². The third-order valence-corrected chi connectivity index (χ3v) is 6.25. The number of nitrogens with two attached hydrogens (primary N) is 1. The van der Waals surface area contributed by atoms with Crippen molar-refractivity contribution >= 4 is 23.4 Å². The van der Waals surface area contributed by atoms with Gasteiger partial charge in [-0.2, -0.15) is 13.2 Å². The van der Waals surface area contributed by atoms with Crippen LogP contribution in [0.25, 0.3) is 5.69 Å². The average Bonchev–Trinajstić information content (AvgIpc) is 2.86. The molecule has 2 aromatic carbocycles. The summed E-state index contributed by atoms with van der Waals surface area (Å²) in [4.78, 5) is 31.8. The summed E-state index contributed by atoms with van der Waals surface area (Å²) in [6, 6.07) is 13.3. The molecule has 1 aromatic heterocycles. The largest absolute Gasteiger partial charge is 0.416 e. The lowest BCUT2D eigenvalue weighted by molar-refractivity contribution is -0.137. The summed E-state index contributed by atoms with van der Waals surface area (Å²) in [6.07, 6.45) is 0.0855. The quantitative estimate of drug-likeness (QED) is 0.353. The summed E-state index contributed by atoms with van der Waals surface area (Å²) in [6.45, 7) is 1.73. The number of aliphatic imine (C=N–C) groups is 1. The molecular formula is C26H25F3N4O2S.